The maximum absolute atomic E-state index is 13.1. The fourth-order valence-electron chi connectivity index (χ4n) is 3.73. The molecule has 1 aromatic carbocycles. The highest BCUT2D eigenvalue weighted by Crippen LogP contribution is 2.38. The van der Waals surface area contributed by atoms with Crippen molar-refractivity contribution in [1.82, 2.24) is 9.47 Å². The molecule has 1 N–H and O–H groups in total. The van der Waals surface area contributed by atoms with E-state index in [1.54, 1.807) is 19.2 Å². The number of aromatic nitrogens is 1. The monoisotopic (exact) mass is 391 g/mol. The van der Waals surface area contributed by atoms with E-state index in [0.717, 1.165) is 6.54 Å². The quantitative estimate of drug-likeness (QED) is 0.820. The molecule has 2 amide bonds. The number of hydrogen-bond donors (Lipinski definition) is 1. The Bertz CT molecular complexity index is 847. The lowest BCUT2D eigenvalue weighted by atomic mass is 9.97. The van der Waals surface area contributed by atoms with Gasteiger partial charge in [0, 0.05) is 30.5 Å². The molecule has 7 heteroatoms. The molecule has 146 valence electrons. The van der Waals surface area contributed by atoms with Gasteiger partial charge in [0.05, 0.1) is 31.0 Å². The Morgan fingerprint density at radius 1 is 1.19 bits per heavy atom. The van der Waals surface area contributed by atoms with Crippen LogP contribution in [0.15, 0.2) is 24.3 Å². The molecule has 2 aromatic rings. The van der Waals surface area contributed by atoms with E-state index in [1.165, 1.54) is 18.5 Å². The van der Waals surface area contributed by atoms with Crippen molar-refractivity contribution in [3.05, 3.63) is 40.7 Å². The van der Waals surface area contributed by atoms with Crippen LogP contribution >= 0.6 is 11.6 Å². The Morgan fingerprint density at radius 3 is 2.52 bits per heavy atom. The van der Waals surface area contributed by atoms with Gasteiger partial charge in [-0.05, 0) is 31.0 Å². The number of fused-ring (bicyclic) bond motifs is 1. The molecule has 1 aromatic heterocycles. The lowest BCUT2D eigenvalue weighted by Gasteiger charge is -2.39. The summed E-state index contributed by atoms with van der Waals surface area (Å²) < 4.78 is 12.9. The van der Waals surface area contributed by atoms with E-state index in [0.29, 0.717) is 28.8 Å². The Morgan fingerprint density at radius 2 is 1.89 bits per heavy atom. The summed E-state index contributed by atoms with van der Waals surface area (Å²) in [6.07, 6.45) is 0. The summed E-state index contributed by atoms with van der Waals surface area (Å²) in [5.74, 6) is 1.28. The van der Waals surface area contributed by atoms with Crippen molar-refractivity contribution in [2.45, 2.75) is 33.4 Å². The number of amides is 2. The second-order valence-corrected chi connectivity index (χ2v) is 7.46. The summed E-state index contributed by atoms with van der Waals surface area (Å²) >= 11 is 6.23. The largest absolute Gasteiger partial charge is 0.495 e. The number of methoxy groups -OCH3 is 2. The molecule has 3 rings (SSSR count). The van der Waals surface area contributed by atoms with Crippen LogP contribution in [0.1, 0.15) is 31.3 Å². The summed E-state index contributed by atoms with van der Waals surface area (Å²) in [5, 5.41) is 3.37. The number of halogens is 1. The van der Waals surface area contributed by atoms with Gasteiger partial charge in [0.1, 0.15) is 11.5 Å². The molecule has 1 atom stereocenters. The van der Waals surface area contributed by atoms with E-state index < -0.39 is 0 Å². The lowest BCUT2D eigenvalue weighted by molar-refractivity contribution is 0.143. The molecule has 1 aliphatic rings. The van der Waals surface area contributed by atoms with Crippen molar-refractivity contribution >= 4 is 23.3 Å². The summed E-state index contributed by atoms with van der Waals surface area (Å²) in [4.78, 5) is 15.0. The first-order valence-electron chi connectivity index (χ1n) is 9.02. The molecular formula is C20H26ClN3O3. The lowest BCUT2D eigenvalue weighted by Crippen LogP contribution is -2.46. The molecule has 2 heterocycles. The molecule has 0 radical (unpaired) electrons. The number of rotatable bonds is 4. The number of benzene rings is 1. The van der Waals surface area contributed by atoms with Gasteiger partial charge in [0.15, 0.2) is 0 Å². The summed E-state index contributed by atoms with van der Waals surface area (Å²) in [5.41, 5.74) is 2.91. The van der Waals surface area contributed by atoms with Gasteiger partial charge in [-0.15, -0.1) is 0 Å². The molecule has 0 spiro atoms. The van der Waals surface area contributed by atoms with Gasteiger partial charge in [-0.25, -0.2) is 4.79 Å². The first-order chi connectivity index (χ1) is 12.9. The van der Waals surface area contributed by atoms with Crippen LogP contribution in [-0.4, -0.2) is 36.3 Å². The molecule has 0 unspecified atom stereocenters. The number of carbonyl (C=O) groups is 1. The van der Waals surface area contributed by atoms with E-state index in [-0.39, 0.29) is 18.0 Å². The number of aryl methyl sites for hydroxylation is 1. The first-order valence-corrected chi connectivity index (χ1v) is 9.40. The first kappa shape index (κ1) is 19.4. The molecule has 0 saturated heterocycles. The number of nitrogens with one attached hydrogen (secondary N) is 1. The third-order valence-electron chi connectivity index (χ3n) is 5.04. The van der Waals surface area contributed by atoms with Crippen LogP contribution in [0.3, 0.4) is 0 Å². The van der Waals surface area contributed by atoms with Gasteiger partial charge in [-0.1, -0.05) is 25.4 Å². The average molecular weight is 392 g/mol. The van der Waals surface area contributed by atoms with Gasteiger partial charge >= 0.3 is 6.03 Å². The third kappa shape index (κ3) is 3.58. The van der Waals surface area contributed by atoms with E-state index >= 15 is 0 Å². The standard InChI is InChI=1S/C20H26ClN3O3/c1-12(2)19-16-7-6-13(3)23(16)8-9-24(19)20(25)22-15-10-14(21)17(26-4)11-18(15)27-5/h6-7,10-12,19H,8-9H2,1-5H3,(H,22,25)/t19-/m0/s1. The van der Waals surface area contributed by atoms with Crippen LogP contribution < -0.4 is 14.8 Å². The third-order valence-corrected chi connectivity index (χ3v) is 5.34. The van der Waals surface area contributed by atoms with Crippen molar-refractivity contribution in [1.29, 1.82) is 0 Å². The second-order valence-electron chi connectivity index (χ2n) is 7.05. The molecule has 1 aliphatic heterocycles. The zero-order valence-corrected chi connectivity index (χ0v) is 17.1. The highest BCUT2D eigenvalue weighted by atomic mass is 35.5. The molecular weight excluding hydrogens is 366 g/mol. The fourth-order valence-corrected chi connectivity index (χ4v) is 3.97. The number of urea groups is 1. The number of ether oxygens (including phenoxy) is 2. The second kappa shape index (κ2) is 7.72. The molecule has 0 saturated carbocycles. The average Bonchev–Trinajstić information content (AvgIpc) is 3.02. The normalized spacial score (nSPS) is 16.3. The van der Waals surface area contributed by atoms with Gasteiger partial charge in [0.25, 0.3) is 0 Å². The molecule has 0 aliphatic carbocycles. The predicted octanol–water partition coefficient (Wildman–Crippen LogP) is 4.71. The number of nitrogens with zero attached hydrogens (tertiary/aromatic N) is 2. The highest BCUT2D eigenvalue weighted by Gasteiger charge is 2.34. The molecule has 0 bridgehead atoms. The molecule has 6 nitrogen and oxygen atoms in total. The molecule has 0 fully saturated rings. The zero-order valence-electron chi connectivity index (χ0n) is 16.4. The minimum atomic E-state index is -0.168. The summed E-state index contributed by atoms with van der Waals surface area (Å²) in [6, 6.07) is 7.38. The van der Waals surface area contributed by atoms with E-state index in [4.69, 9.17) is 21.1 Å². The van der Waals surface area contributed by atoms with Gasteiger partial charge in [-0.2, -0.15) is 0 Å². The van der Waals surface area contributed by atoms with Gasteiger partial charge in [0.2, 0.25) is 0 Å². The summed E-state index contributed by atoms with van der Waals surface area (Å²) in [6.45, 7) is 7.79. The Kier molecular flexibility index (Phi) is 5.56. The SMILES string of the molecule is COc1cc(OC)c(NC(=O)N2CCn3c(C)ccc3[C@@H]2C(C)C)cc1Cl. The smallest absolute Gasteiger partial charge is 0.322 e. The predicted molar refractivity (Wildman–Crippen MR) is 107 cm³/mol. The zero-order chi connectivity index (χ0) is 19.7. The number of hydrogen-bond acceptors (Lipinski definition) is 3. The van der Waals surface area contributed by atoms with Crippen LogP contribution in [-0.2, 0) is 6.54 Å². The summed E-state index contributed by atoms with van der Waals surface area (Å²) in [7, 11) is 3.09. The molecule has 27 heavy (non-hydrogen) atoms. The van der Waals surface area contributed by atoms with E-state index in [9.17, 15) is 4.79 Å². The fraction of sp³-hybridized carbons (Fsp3) is 0.450. The Labute approximate surface area is 165 Å². The number of carbonyl (C=O) groups excluding carboxylic acids is 1. The van der Waals surface area contributed by atoms with Crippen LogP contribution in [0.5, 0.6) is 11.5 Å². The topological polar surface area (TPSA) is 55.7 Å². The van der Waals surface area contributed by atoms with Crippen molar-refractivity contribution in [3.8, 4) is 11.5 Å². The van der Waals surface area contributed by atoms with Crippen LogP contribution in [0.2, 0.25) is 5.02 Å². The maximum atomic E-state index is 13.1. The highest BCUT2D eigenvalue weighted by molar-refractivity contribution is 6.32. The van der Waals surface area contributed by atoms with Crippen LogP contribution in [0, 0.1) is 12.8 Å². The van der Waals surface area contributed by atoms with Gasteiger partial charge in [-0.3, -0.25) is 0 Å². The van der Waals surface area contributed by atoms with Crippen LogP contribution in [0.25, 0.3) is 0 Å². The maximum Gasteiger partial charge on any atom is 0.322 e. The van der Waals surface area contributed by atoms with Gasteiger partial charge < -0.3 is 24.3 Å². The minimum absolute atomic E-state index is 0.00663. The van der Waals surface area contributed by atoms with E-state index in [1.807, 2.05) is 4.90 Å². The van der Waals surface area contributed by atoms with Crippen molar-refractivity contribution in [2.24, 2.45) is 5.92 Å². The Balaban J connectivity index is 1.89. The minimum Gasteiger partial charge on any atom is -0.495 e. The van der Waals surface area contributed by atoms with E-state index in [2.05, 4.69) is 42.8 Å². The van der Waals surface area contributed by atoms with Crippen LogP contribution in [0.4, 0.5) is 10.5 Å². The Hall–Kier alpha value is -2.34. The van der Waals surface area contributed by atoms with Crippen molar-refractivity contribution in [2.75, 3.05) is 26.1 Å². The number of anilines is 1. The van der Waals surface area contributed by atoms with Crippen molar-refractivity contribution < 1.29 is 14.3 Å². The van der Waals surface area contributed by atoms with Crippen molar-refractivity contribution in [3.63, 3.8) is 0 Å².